The molecule has 0 radical (unpaired) electrons. The fourth-order valence-electron chi connectivity index (χ4n) is 2.14. The van der Waals surface area contributed by atoms with Crippen LogP contribution in [0, 0.1) is 0 Å². The molecule has 16 heavy (non-hydrogen) atoms. The first-order valence-corrected chi connectivity index (χ1v) is 7.40. The Kier molecular flexibility index (Phi) is 4.41. The SMILES string of the molecule is CC(NC(C)C1CCCO1)c1ccc(Br)s1. The minimum absolute atomic E-state index is 0.394. The van der Waals surface area contributed by atoms with Crippen LogP contribution in [0.3, 0.4) is 0 Å². The van der Waals surface area contributed by atoms with E-state index >= 15 is 0 Å². The third kappa shape index (κ3) is 3.06. The molecule has 0 spiro atoms. The van der Waals surface area contributed by atoms with Gasteiger partial charge in [-0.25, -0.2) is 0 Å². The van der Waals surface area contributed by atoms with Crippen LogP contribution in [-0.2, 0) is 4.74 Å². The first-order valence-electron chi connectivity index (χ1n) is 5.79. The molecule has 1 fully saturated rings. The molecule has 1 aliphatic rings. The van der Waals surface area contributed by atoms with E-state index in [0.717, 1.165) is 6.61 Å². The molecule has 4 heteroatoms. The highest BCUT2D eigenvalue weighted by atomic mass is 79.9. The van der Waals surface area contributed by atoms with Crippen LogP contribution in [-0.4, -0.2) is 18.8 Å². The molecule has 1 saturated heterocycles. The number of thiophene rings is 1. The van der Waals surface area contributed by atoms with E-state index in [1.165, 1.54) is 21.5 Å². The third-order valence-corrected chi connectivity index (χ3v) is 4.86. The molecule has 0 aromatic carbocycles. The Morgan fingerprint density at radius 3 is 2.88 bits per heavy atom. The molecule has 1 N–H and O–H groups in total. The molecule has 1 aliphatic heterocycles. The molecule has 90 valence electrons. The number of ether oxygens (including phenoxy) is 1. The van der Waals surface area contributed by atoms with Crippen LogP contribution in [0.4, 0.5) is 0 Å². The minimum Gasteiger partial charge on any atom is -0.377 e. The van der Waals surface area contributed by atoms with Crippen molar-refractivity contribution in [1.82, 2.24) is 5.32 Å². The van der Waals surface area contributed by atoms with Crippen LogP contribution in [0.2, 0.25) is 0 Å². The van der Waals surface area contributed by atoms with Crippen molar-refractivity contribution < 1.29 is 4.74 Å². The van der Waals surface area contributed by atoms with Crippen LogP contribution in [0.25, 0.3) is 0 Å². The van der Waals surface area contributed by atoms with E-state index in [1.54, 1.807) is 11.3 Å². The number of nitrogens with one attached hydrogen (secondary N) is 1. The van der Waals surface area contributed by atoms with Crippen molar-refractivity contribution in [3.63, 3.8) is 0 Å². The predicted octanol–water partition coefficient (Wildman–Crippen LogP) is 3.73. The Bertz CT molecular complexity index is 336. The Balaban J connectivity index is 1.88. The van der Waals surface area contributed by atoms with Gasteiger partial charge in [-0.3, -0.25) is 0 Å². The molecule has 2 heterocycles. The summed E-state index contributed by atoms with van der Waals surface area (Å²) in [5.41, 5.74) is 0. The van der Waals surface area contributed by atoms with E-state index in [9.17, 15) is 0 Å². The Morgan fingerprint density at radius 1 is 1.50 bits per heavy atom. The topological polar surface area (TPSA) is 21.3 Å². The quantitative estimate of drug-likeness (QED) is 0.915. The van der Waals surface area contributed by atoms with Crippen molar-refractivity contribution in [3.05, 3.63) is 20.8 Å². The first-order chi connectivity index (χ1) is 7.66. The van der Waals surface area contributed by atoms with Gasteiger partial charge in [0.15, 0.2) is 0 Å². The maximum Gasteiger partial charge on any atom is 0.0726 e. The monoisotopic (exact) mass is 303 g/mol. The summed E-state index contributed by atoms with van der Waals surface area (Å²) in [5, 5.41) is 3.62. The summed E-state index contributed by atoms with van der Waals surface area (Å²) in [4.78, 5) is 1.37. The highest BCUT2D eigenvalue weighted by Gasteiger charge is 2.23. The highest BCUT2D eigenvalue weighted by Crippen LogP contribution is 2.28. The lowest BCUT2D eigenvalue weighted by Crippen LogP contribution is -2.38. The minimum atomic E-state index is 0.394. The standard InChI is InChI=1S/C12H18BrNOS/c1-8(10-4-3-7-15-10)14-9(2)11-5-6-12(13)16-11/h5-6,8-10,14H,3-4,7H2,1-2H3. The van der Waals surface area contributed by atoms with E-state index in [2.05, 4.69) is 47.2 Å². The predicted molar refractivity (Wildman–Crippen MR) is 72.0 cm³/mol. The highest BCUT2D eigenvalue weighted by molar-refractivity contribution is 9.11. The summed E-state index contributed by atoms with van der Waals surface area (Å²) in [6.07, 6.45) is 2.79. The van der Waals surface area contributed by atoms with Gasteiger partial charge in [0.05, 0.1) is 9.89 Å². The summed E-state index contributed by atoms with van der Waals surface area (Å²) in [6.45, 7) is 5.36. The maximum atomic E-state index is 5.69. The lowest BCUT2D eigenvalue weighted by molar-refractivity contribution is 0.0805. The van der Waals surface area contributed by atoms with Crippen LogP contribution in [0.15, 0.2) is 15.9 Å². The number of rotatable bonds is 4. The van der Waals surface area contributed by atoms with Gasteiger partial charge >= 0.3 is 0 Å². The average Bonchev–Trinajstić information content (AvgIpc) is 2.87. The summed E-state index contributed by atoms with van der Waals surface area (Å²) in [5.74, 6) is 0. The lowest BCUT2D eigenvalue weighted by atomic mass is 10.1. The lowest BCUT2D eigenvalue weighted by Gasteiger charge is -2.23. The van der Waals surface area contributed by atoms with Crippen molar-refractivity contribution >= 4 is 27.3 Å². The number of hydrogen-bond donors (Lipinski definition) is 1. The van der Waals surface area contributed by atoms with Gasteiger partial charge < -0.3 is 10.1 Å². The summed E-state index contributed by atoms with van der Waals surface area (Å²) in [7, 11) is 0. The van der Waals surface area contributed by atoms with Gasteiger partial charge in [0.1, 0.15) is 0 Å². The smallest absolute Gasteiger partial charge is 0.0726 e. The molecular weight excluding hydrogens is 286 g/mol. The Morgan fingerprint density at radius 2 is 2.31 bits per heavy atom. The largest absolute Gasteiger partial charge is 0.377 e. The van der Waals surface area contributed by atoms with E-state index in [-0.39, 0.29) is 0 Å². The second kappa shape index (κ2) is 5.63. The van der Waals surface area contributed by atoms with Gasteiger partial charge in [0.2, 0.25) is 0 Å². The molecule has 3 unspecified atom stereocenters. The van der Waals surface area contributed by atoms with E-state index in [4.69, 9.17) is 4.74 Å². The van der Waals surface area contributed by atoms with E-state index < -0.39 is 0 Å². The van der Waals surface area contributed by atoms with Crippen LogP contribution >= 0.6 is 27.3 Å². The van der Waals surface area contributed by atoms with Crippen molar-refractivity contribution in [2.45, 2.75) is 44.9 Å². The summed E-state index contributed by atoms with van der Waals surface area (Å²) in [6, 6.07) is 5.11. The molecule has 0 aliphatic carbocycles. The summed E-state index contributed by atoms with van der Waals surface area (Å²) >= 11 is 5.29. The molecular formula is C12H18BrNOS. The van der Waals surface area contributed by atoms with Gasteiger partial charge in [0.25, 0.3) is 0 Å². The zero-order chi connectivity index (χ0) is 11.5. The van der Waals surface area contributed by atoms with Gasteiger partial charge in [0, 0.05) is 23.6 Å². The van der Waals surface area contributed by atoms with Gasteiger partial charge in [-0.15, -0.1) is 11.3 Å². The fraction of sp³-hybridized carbons (Fsp3) is 0.667. The van der Waals surface area contributed by atoms with Crippen molar-refractivity contribution in [2.75, 3.05) is 6.61 Å². The summed E-state index contributed by atoms with van der Waals surface area (Å²) < 4.78 is 6.88. The normalized spacial score (nSPS) is 24.6. The second-order valence-corrected chi connectivity index (χ2v) is 6.86. The average molecular weight is 304 g/mol. The van der Waals surface area contributed by atoms with Gasteiger partial charge in [-0.2, -0.15) is 0 Å². The molecule has 3 atom stereocenters. The van der Waals surface area contributed by atoms with Crippen LogP contribution < -0.4 is 5.32 Å². The van der Waals surface area contributed by atoms with E-state index in [1.807, 2.05) is 0 Å². The van der Waals surface area contributed by atoms with Crippen LogP contribution in [0.1, 0.15) is 37.6 Å². The number of hydrogen-bond acceptors (Lipinski definition) is 3. The zero-order valence-corrected chi connectivity index (χ0v) is 12.1. The Labute approximate surface area is 110 Å². The Hall–Kier alpha value is 0.1000. The fourth-order valence-corrected chi connectivity index (χ4v) is 3.58. The molecule has 0 saturated carbocycles. The van der Waals surface area contributed by atoms with Gasteiger partial charge in [-0.1, -0.05) is 0 Å². The molecule has 1 aromatic heterocycles. The molecule has 2 nitrogen and oxygen atoms in total. The molecule has 0 bridgehead atoms. The van der Waals surface area contributed by atoms with Crippen LogP contribution in [0.5, 0.6) is 0 Å². The third-order valence-electron chi connectivity index (χ3n) is 3.06. The molecule has 1 aromatic rings. The first kappa shape index (κ1) is 12.6. The van der Waals surface area contributed by atoms with Gasteiger partial charge in [-0.05, 0) is 54.8 Å². The second-order valence-electron chi connectivity index (χ2n) is 4.37. The molecule has 2 rings (SSSR count). The molecule has 0 amide bonds. The van der Waals surface area contributed by atoms with Crippen molar-refractivity contribution in [2.24, 2.45) is 0 Å². The zero-order valence-electron chi connectivity index (χ0n) is 9.70. The number of halogens is 1. The van der Waals surface area contributed by atoms with Crippen molar-refractivity contribution in [3.8, 4) is 0 Å². The maximum absolute atomic E-state index is 5.69. The van der Waals surface area contributed by atoms with Crippen molar-refractivity contribution in [1.29, 1.82) is 0 Å². The van der Waals surface area contributed by atoms with E-state index in [0.29, 0.717) is 18.2 Å².